The van der Waals surface area contributed by atoms with Crippen LogP contribution in [0.25, 0.3) is 0 Å². The van der Waals surface area contributed by atoms with Gasteiger partial charge in [-0.05, 0) is 24.8 Å². The number of hydrogen-bond acceptors (Lipinski definition) is 5. The predicted molar refractivity (Wildman–Crippen MR) is 89.0 cm³/mol. The standard InChI is InChI=1S/C15H16ClN3O2S/c1-3-21-12-8-6-5-7-11(12)18-14(20)13-10(16)9-17-15(19-13)22-4-2/h5-9H,3-4H2,1-2H3,(H,18,20). The van der Waals surface area contributed by atoms with Crippen LogP contribution in [-0.2, 0) is 0 Å². The van der Waals surface area contributed by atoms with E-state index in [0.29, 0.717) is 23.2 Å². The Kier molecular flexibility index (Phi) is 6.03. The van der Waals surface area contributed by atoms with Crippen LogP contribution in [-0.4, -0.2) is 28.2 Å². The lowest BCUT2D eigenvalue weighted by atomic mass is 10.2. The molecule has 116 valence electrons. The first kappa shape index (κ1) is 16.6. The van der Waals surface area contributed by atoms with E-state index in [1.54, 1.807) is 12.1 Å². The zero-order chi connectivity index (χ0) is 15.9. The van der Waals surface area contributed by atoms with Crippen molar-refractivity contribution in [2.75, 3.05) is 17.7 Å². The van der Waals surface area contributed by atoms with E-state index >= 15 is 0 Å². The Bertz CT molecular complexity index is 667. The van der Waals surface area contributed by atoms with Gasteiger partial charge in [-0.2, -0.15) is 0 Å². The van der Waals surface area contributed by atoms with Gasteiger partial charge in [0, 0.05) is 0 Å². The maximum Gasteiger partial charge on any atom is 0.276 e. The van der Waals surface area contributed by atoms with Crippen LogP contribution in [0.4, 0.5) is 5.69 Å². The number of hydrogen-bond donors (Lipinski definition) is 1. The van der Waals surface area contributed by atoms with Crippen molar-refractivity contribution in [2.24, 2.45) is 0 Å². The van der Waals surface area contributed by atoms with Crippen molar-refractivity contribution in [1.29, 1.82) is 0 Å². The van der Waals surface area contributed by atoms with Gasteiger partial charge in [0.2, 0.25) is 0 Å². The van der Waals surface area contributed by atoms with Crippen LogP contribution in [0.15, 0.2) is 35.6 Å². The van der Waals surface area contributed by atoms with Gasteiger partial charge in [-0.15, -0.1) is 0 Å². The summed E-state index contributed by atoms with van der Waals surface area (Å²) in [6.45, 7) is 4.38. The Morgan fingerprint density at radius 2 is 2.14 bits per heavy atom. The molecule has 2 aromatic rings. The quantitative estimate of drug-likeness (QED) is 0.640. The fraction of sp³-hybridized carbons (Fsp3) is 0.267. The van der Waals surface area contributed by atoms with Crippen LogP contribution < -0.4 is 10.1 Å². The molecule has 0 radical (unpaired) electrons. The summed E-state index contributed by atoms with van der Waals surface area (Å²) in [5.74, 6) is 1.03. The lowest BCUT2D eigenvalue weighted by Crippen LogP contribution is -2.16. The second-order valence-corrected chi connectivity index (χ2v) is 5.80. The number of aromatic nitrogens is 2. The van der Waals surface area contributed by atoms with Crippen LogP contribution in [0.3, 0.4) is 0 Å². The Labute approximate surface area is 138 Å². The molecule has 1 amide bonds. The Hall–Kier alpha value is -1.79. The first-order valence-electron chi connectivity index (χ1n) is 6.84. The third-order valence-corrected chi connectivity index (χ3v) is 3.67. The Balaban J connectivity index is 2.24. The minimum absolute atomic E-state index is 0.152. The van der Waals surface area contributed by atoms with Gasteiger partial charge in [0.1, 0.15) is 5.75 Å². The van der Waals surface area contributed by atoms with E-state index in [1.807, 2.05) is 26.0 Å². The molecule has 0 saturated heterocycles. The molecule has 1 aromatic heterocycles. The lowest BCUT2D eigenvalue weighted by Gasteiger charge is -2.11. The van der Waals surface area contributed by atoms with Gasteiger partial charge in [-0.3, -0.25) is 4.79 Å². The number of halogens is 1. The van der Waals surface area contributed by atoms with Gasteiger partial charge < -0.3 is 10.1 Å². The topological polar surface area (TPSA) is 64.1 Å². The molecule has 0 bridgehead atoms. The Morgan fingerprint density at radius 3 is 2.86 bits per heavy atom. The summed E-state index contributed by atoms with van der Waals surface area (Å²) in [4.78, 5) is 20.7. The van der Waals surface area contributed by atoms with Gasteiger partial charge >= 0.3 is 0 Å². The average Bonchev–Trinajstić information content (AvgIpc) is 2.51. The van der Waals surface area contributed by atoms with E-state index in [-0.39, 0.29) is 10.7 Å². The Morgan fingerprint density at radius 1 is 1.36 bits per heavy atom. The highest BCUT2D eigenvalue weighted by molar-refractivity contribution is 7.99. The number of carbonyl (C=O) groups excluding carboxylic acids is 1. The zero-order valence-corrected chi connectivity index (χ0v) is 13.9. The summed E-state index contributed by atoms with van der Waals surface area (Å²) in [6, 6.07) is 7.21. The fourth-order valence-electron chi connectivity index (χ4n) is 1.74. The number of thioether (sulfide) groups is 1. The summed E-state index contributed by atoms with van der Waals surface area (Å²) in [5.41, 5.74) is 0.729. The third-order valence-electron chi connectivity index (χ3n) is 2.65. The molecule has 7 heteroatoms. The van der Waals surface area contributed by atoms with Crippen molar-refractivity contribution in [3.8, 4) is 5.75 Å². The fourth-order valence-corrected chi connectivity index (χ4v) is 2.46. The molecule has 0 aliphatic carbocycles. The van der Waals surface area contributed by atoms with Crippen molar-refractivity contribution in [2.45, 2.75) is 19.0 Å². The molecule has 0 unspecified atom stereocenters. The lowest BCUT2D eigenvalue weighted by molar-refractivity contribution is 0.102. The first-order valence-corrected chi connectivity index (χ1v) is 8.20. The zero-order valence-electron chi connectivity index (χ0n) is 12.3. The highest BCUT2D eigenvalue weighted by atomic mass is 35.5. The number of nitrogens with zero attached hydrogens (tertiary/aromatic N) is 2. The normalized spacial score (nSPS) is 10.3. The maximum absolute atomic E-state index is 12.4. The number of amides is 1. The minimum atomic E-state index is -0.391. The number of rotatable bonds is 6. The molecule has 0 saturated carbocycles. The van der Waals surface area contributed by atoms with Crippen molar-refractivity contribution in [3.63, 3.8) is 0 Å². The van der Waals surface area contributed by atoms with Crippen LogP contribution in [0, 0.1) is 0 Å². The molecule has 0 atom stereocenters. The summed E-state index contributed by atoms with van der Waals surface area (Å²) >= 11 is 7.48. The molecule has 0 aliphatic rings. The summed E-state index contributed by atoms with van der Waals surface area (Å²) in [5, 5.41) is 3.51. The first-order chi connectivity index (χ1) is 10.7. The van der Waals surface area contributed by atoms with E-state index in [4.69, 9.17) is 16.3 Å². The molecule has 1 aromatic carbocycles. The summed E-state index contributed by atoms with van der Waals surface area (Å²) < 4.78 is 5.48. The van der Waals surface area contributed by atoms with E-state index in [0.717, 1.165) is 5.75 Å². The molecule has 0 aliphatic heterocycles. The molecule has 5 nitrogen and oxygen atoms in total. The predicted octanol–water partition coefficient (Wildman–Crippen LogP) is 3.89. The van der Waals surface area contributed by atoms with Crippen LogP contribution in [0.2, 0.25) is 5.02 Å². The highest BCUT2D eigenvalue weighted by Crippen LogP contribution is 2.25. The minimum Gasteiger partial charge on any atom is -0.492 e. The molecule has 1 N–H and O–H groups in total. The average molecular weight is 338 g/mol. The van der Waals surface area contributed by atoms with Gasteiger partial charge in [-0.1, -0.05) is 42.4 Å². The van der Waals surface area contributed by atoms with Crippen LogP contribution in [0.1, 0.15) is 24.3 Å². The maximum atomic E-state index is 12.4. The number of benzene rings is 1. The molecule has 2 rings (SSSR count). The molecule has 22 heavy (non-hydrogen) atoms. The molecule has 0 spiro atoms. The second kappa shape index (κ2) is 8.00. The number of anilines is 1. The van der Waals surface area contributed by atoms with Crippen molar-refractivity contribution in [3.05, 3.63) is 41.2 Å². The molecule has 1 heterocycles. The number of ether oxygens (including phenoxy) is 1. The van der Waals surface area contributed by atoms with Crippen molar-refractivity contribution in [1.82, 2.24) is 9.97 Å². The van der Waals surface area contributed by atoms with E-state index in [1.165, 1.54) is 18.0 Å². The van der Waals surface area contributed by atoms with Crippen LogP contribution >= 0.6 is 23.4 Å². The van der Waals surface area contributed by atoms with Crippen molar-refractivity contribution >= 4 is 35.0 Å². The van der Waals surface area contributed by atoms with Crippen LogP contribution in [0.5, 0.6) is 5.75 Å². The summed E-state index contributed by atoms with van der Waals surface area (Å²) in [6.07, 6.45) is 1.44. The monoisotopic (exact) mass is 337 g/mol. The van der Waals surface area contributed by atoms with Gasteiger partial charge in [0.15, 0.2) is 10.9 Å². The van der Waals surface area contributed by atoms with Gasteiger partial charge in [0.05, 0.1) is 23.5 Å². The molecular weight excluding hydrogens is 322 g/mol. The SMILES string of the molecule is CCOc1ccccc1NC(=O)c1nc(SCC)ncc1Cl. The largest absolute Gasteiger partial charge is 0.492 e. The highest BCUT2D eigenvalue weighted by Gasteiger charge is 2.16. The third kappa shape index (κ3) is 4.11. The molecule has 0 fully saturated rings. The molecular formula is C15H16ClN3O2S. The number of carbonyl (C=O) groups is 1. The smallest absolute Gasteiger partial charge is 0.276 e. The summed E-state index contributed by atoms with van der Waals surface area (Å²) in [7, 11) is 0. The van der Waals surface area contributed by atoms with E-state index in [2.05, 4.69) is 15.3 Å². The van der Waals surface area contributed by atoms with E-state index < -0.39 is 5.91 Å². The van der Waals surface area contributed by atoms with Gasteiger partial charge in [0.25, 0.3) is 5.91 Å². The van der Waals surface area contributed by atoms with Crippen molar-refractivity contribution < 1.29 is 9.53 Å². The second-order valence-electron chi connectivity index (χ2n) is 4.17. The number of para-hydroxylation sites is 2. The van der Waals surface area contributed by atoms with Gasteiger partial charge in [-0.25, -0.2) is 9.97 Å². The van der Waals surface area contributed by atoms with E-state index in [9.17, 15) is 4.79 Å². The number of nitrogens with one attached hydrogen (secondary N) is 1.